The van der Waals surface area contributed by atoms with Gasteiger partial charge in [0.1, 0.15) is 183 Å². The first-order chi connectivity index (χ1) is 53.0. The summed E-state index contributed by atoms with van der Waals surface area (Å²) < 4.78 is 228. The van der Waals surface area contributed by atoms with Gasteiger partial charge in [0.25, 0.3) is 5.91 Å². The molecule has 21 fully saturated rings. The van der Waals surface area contributed by atoms with Crippen LogP contribution in [0.4, 0.5) is 0 Å². The highest BCUT2D eigenvalue weighted by molar-refractivity contribution is 5.94. The summed E-state index contributed by atoms with van der Waals surface area (Å²) in [5, 5.41) is 3.03. The van der Waals surface area contributed by atoms with E-state index in [0.29, 0.717) is 11.3 Å². The average molecular weight is 1570 g/mol. The zero-order chi connectivity index (χ0) is 78.6. The number of carbonyl (C=O) groups is 1. The van der Waals surface area contributed by atoms with Crippen molar-refractivity contribution in [1.29, 1.82) is 0 Å². The summed E-state index contributed by atoms with van der Waals surface area (Å²) in [5.41, 5.74) is 0.304. The molecule has 0 aromatic heterocycles. The molecule has 22 rings (SSSR count). The molecule has 0 aliphatic carbocycles. The van der Waals surface area contributed by atoms with Gasteiger partial charge in [-0.25, -0.2) is 0 Å². The SMILES string of the molecule is C=CCOc1ccc(C(=O)NC[C@@H]2O[C@@H]3O[C@H]4[C@@H](OC)[C@H](OC)[C@@H](O[C@H]5[C@H](OC)[C@H](OC)[C@@H](O[C@H]6[C@H](OC)[C@@H](OC)[C@@H](O[C@H]7[C@H](OC)[C@@H](OC)[C@@H](O[C@H]8[C@H](OC)[C@@H](OC)[C@@H](O[C@H]9[C@H](OC)[C@@H](OC)[C@@H](O[C@H]2[C@H](OC)[C@H]3OC)O[C@H]9COC)O[C@H]8COC)O[C@H]7COC)O[C@@H]6COC)O[C@@H]5COC)O[C@@H]4COC)cc1. The minimum Gasteiger partial charge on any atom is -0.490 e. The third kappa shape index (κ3) is 20.3. The van der Waals surface area contributed by atoms with Gasteiger partial charge < -0.3 is 171 Å². The molecule has 21 aliphatic heterocycles. The van der Waals surface area contributed by atoms with Gasteiger partial charge >= 0.3 is 0 Å². The number of methoxy groups -OCH3 is 20. The molecule has 35 atom stereocenters. The van der Waals surface area contributed by atoms with E-state index in [4.69, 9.17) is 166 Å². The summed E-state index contributed by atoms with van der Waals surface area (Å²) in [6, 6.07) is 6.60. The van der Waals surface area contributed by atoms with E-state index < -0.39 is 221 Å². The van der Waals surface area contributed by atoms with Gasteiger partial charge in [0.2, 0.25) is 0 Å². The van der Waals surface area contributed by atoms with Crippen molar-refractivity contribution in [2.45, 2.75) is 215 Å². The number of carbonyl (C=O) groups excluding carboxylic acids is 1. The quantitative estimate of drug-likeness (QED) is 0.0917. The van der Waals surface area contributed by atoms with Gasteiger partial charge in [0.05, 0.1) is 39.6 Å². The van der Waals surface area contributed by atoms with E-state index in [2.05, 4.69) is 11.9 Å². The lowest BCUT2D eigenvalue weighted by Gasteiger charge is -2.52. The van der Waals surface area contributed by atoms with E-state index in [9.17, 15) is 4.79 Å². The first-order valence-electron chi connectivity index (χ1n) is 36.2. The molecule has 21 aliphatic rings. The van der Waals surface area contributed by atoms with Crippen molar-refractivity contribution in [3.05, 3.63) is 42.5 Å². The number of hydrogen-bond donors (Lipinski definition) is 1. The van der Waals surface area contributed by atoms with Crippen molar-refractivity contribution in [3.63, 3.8) is 0 Å². The lowest BCUT2D eigenvalue weighted by Crippen LogP contribution is -2.69. The van der Waals surface area contributed by atoms with Crippen molar-refractivity contribution < 1.29 is 171 Å². The normalized spacial score (nSPS) is 42.4. The second-order valence-corrected chi connectivity index (χ2v) is 26.9. The molecule has 1 N–H and O–H groups in total. The fraction of sp³-hybridized carbons (Fsp3) is 0.875. The molecule has 0 spiro atoms. The zero-order valence-corrected chi connectivity index (χ0v) is 66.2. The van der Waals surface area contributed by atoms with Gasteiger partial charge in [-0.2, -0.15) is 0 Å². The highest BCUT2D eigenvalue weighted by Gasteiger charge is 2.62. The van der Waals surface area contributed by atoms with Gasteiger partial charge in [-0.15, -0.1) is 0 Å². The Labute approximate surface area is 637 Å². The number of ether oxygens (including phenoxy) is 35. The fourth-order valence-electron chi connectivity index (χ4n) is 15.9. The highest BCUT2D eigenvalue weighted by Crippen LogP contribution is 2.43. The number of amides is 1. The van der Waals surface area contributed by atoms with E-state index in [-0.39, 0.29) is 52.8 Å². The molecule has 0 radical (unpaired) electrons. The molecule has 628 valence electrons. The maximum atomic E-state index is 14.3. The molecule has 21 saturated heterocycles. The molecule has 1 aromatic carbocycles. The maximum absolute atomic E-state index is 14.3. The van der Waals surface area contributed by atoms with Gasteiger partial charge in [-0.1, -0.05) is 12.7 Å². The van der Waals surface area contributed by atoms with Crippen molar-refractivity contribution in [2.75, 3.05) is 195 Å². The van der Waals surface area contributed by atoms with E-state index >= 15 is 0 Å². The van der Waals surface area contributed by atoms with Crippen LogP contribution in [0.2, 0.25) is 0 Å². The van der Waals surface area contributed by atoms with E-state index in [0.717, 1.165) is 0 Å². The Bertz CT molecular complexity index is 2740. The zero-order valence-electron chi connectivity index (χ0n) is 66.2. The van der Waals surface area contributed by atoms with Crippen molar-refractivity contribution in [3.8, 4) is 5.75 Å². The lowest BCUT2D eigenvalue weighted by molar-refractivity contribution is -0.402. The van der Waals surface area contributed by atoms with Crippen LogP contribution in [0.3, 0.4) is 0 Å². The molecule has 1 amide bonds. The van der Waals surface area contributed by atoms with Gasteiger partial charge in [0.15, 0.2) is 44.0 Å². The molecular formula is C72H119NO36. The molecule has 14 bridgehead atoms. The minimum absolute atomic E-state index is 0.0574. The van der Waals surface area contributed by atoms with Crippen LogP contribution in [0, 0.1) is 0 Å². The summed E-state index contributed by atoms with van der Waals surface area (Å²) in [4.78, 5) is 14.3. The van der Waals surface area contributed by atoms with E-state index in [1.165, 1.54) is 142 Å². The Morgan fingerprint density at radius 1 is 0.294 bits per heavy atom. The Balaban J connectivity index is 1.15. The second kappa shape index (κ2) is 44.3. The van der Waals surface area contributed by atoms with Crippen LogP contribution in [-0.4, -0.2) is 416 Å². The molecular weight excluding hydrogens is 1450 g/mol. The van der Waals surface area contributed by atoms with Crippen LogP contribution in [0.15, 0.2) is 36.9 Å². The predicted molar refractivity (Wildman–Crippen MR) is 372 cm³/mol. The van der Waals surface area contributed by atoms with Gasteiger partial charge in [-0.3, -0.25) is 4.79 Å². The van der Waals surface area contributed by atoms with Crippen LogP contribution in [0.25, 0.3) is 0 Å². The maximum Gasteiger partial charge on any atom is 0.251 e. The highest BCUT2D eigenvalue weighted by atomic mass is 16.8. The Kier molecular flexibility index (Phi) is 36.5. The third-order valence-corrected chi connectivity index (χ3v) is 20.9. The Hall–Kier alpha value is -3.13. The van der Waals surface area contributed by atoms with Gasteiger partial charge in [-0.05, 0) is 24.3 Å². The number of rotatable bonds is 32. The van der Waals surface area contributed by atoms with Crippen LogP contribution in [-0.2, 0) is 161 Å². The Morgan fingerprint density at radius 2 is 0.486 bits per heavy atom. The van der Waals surface area contributed by atoms with E-state index in [1.807, 2.05) is 0 Å². The predicted octanol–water partition coefficient (Wildman–Crippen LogP) is -0.146. The summed E-state index contributed by atoms with van der Waals surface area (Å²) in [6.45, 7) is 3.32. The number of hydrogen-bond acceptors (Lipinski definition) is 36. The molecule has 109 heavy (non-hydrogen) atoms. The fourth-order valence-corrected chi connectivity index (χ4v) is 15.9. The second-order valence-electron chi connectivity index (χ2n) is 26.9. The average Bonchev–Trinajstić information content (AvgIpc) is 0.819. The number of nitrogens with one attached hydrogen (secondary N) is 1. The summed E-state index contributed by atoms with van der Waals surface area (Å²) in [7, 11) is 29.8. The minimum atomic E-state index is -1.36. The molecule has 21 heterocycles. The summed E-state index contributed by atoms with van der Waals surface area (Å²) >= 11 is 0. The topological polar surface area (TPSA) is 352 Å². The van der Waals surface area contributed by atoms with Crippen molar-refractivity contribution >= 4 is 5.91 Å². The van der Waals surface area contributed by atoms with Crippen LogP contribution >= 0.6 is 0 Å². The third-order valence-electron chi connectivity index (χ3n) is 20.9. The monoisotopic (exact) mass is 1570 g/mol. The first kappa shape index (κ1) is 89.8. The standard InChI is InChI=1S/C72H119NO36/c1-22-27-95-36-25-23-35(24-26-36)65(74)73-28-37-44-51(81-8)58(88-15)66(96-37)104-45-38(29-75-2)98-68(60(90-17)52(45)82-9)106-47-40(31-77-4)100-70(62(92-19)54(47)84-11)108-49-42(33-79-6)102-72(64(94-21)56(49)86-13)109-50-43(34-80-7)101-71(63(93-20)57(50)87-14)107-48-41(32-78-5)99-69(61(91-18)55(48)85-12)105-46-39(30-76-3)97-67(103-44)59(89-16)53(46)83-10/h22-26,37-64,66-72H,1,27-34H2,2-21H3,(H,73,74)/t37-,38+,39-,40+,41-,42+,43-,44+,45+,46+,47+,48+,49+,50+,51-,52+,53-,54-,55-,56-,57-,58+,59+,60-,61+,62-,63+,64+,66+,67+,68+,69+,70+,71+,72+/m0/s1. The van der Waals surface area contributed by atoms with Crippen LogP contribution in [0.5, 0.6) is 5.75 Å². The van der Waals surface area contributed by atoms with Crippen LogP contribution < -0.4 is 10.1 Å². The molecule has 0 saturated carbocycles. The smallest absolute Gasteiger partial charge is 0.251 e. The van der Waals surface area contributed by atoms with E-state index in [1.54, 1.807) is 30.3 Å². The molecule has 0 unspecified atom stereocenters. The summed E-state index contributed by atoms with van der Waals surface area (Å²) in [5.74, 6) is 0.0567. The van der Waals surface area contributed by atoms with Crippen molar-refractivity contribution in [2.24, 2.45) is 0 Å². The van der Waals surface area contributed by atoms with Crippen molar-refractivity contribution in [1.82, 2.24) is 5.32 Å². The summed E-state index contributed by atoms with van der Waals surface area (Å²) in [6.07, 6.45) is -36.6. The molecule has 1 aromatic rings. The molecule has 37 nitrogen and oxygen atoms in total. The lowest BCUT2D eigenvalue weighted by atomic mass is 9.94. The number of benzene rings is 1. The molecule has 37 heteroatoms. The van der Waals surface area contributed by atoms with Crippen LogP contribution in [0.1, 0.15) is 10.4 Å². The van der Waals surface area contributed by atoms with Gasteiger partial charge in [0, 0.05) is 154 Å². The Morgan fingerprint density at radius 3 is 0.670 bits per heavy atom. The first-order valence-corrected chi connectivity index (χ1v) is 36.2. The largest absolute Gasteiger partial charge is 0.490 e.